The summed E-state index contributed by atoms with van der Waals surface area (Å²) >= 11 is 0. The van der Waals surface area contributed by atoms with Gasteiger partial charge in [0.25, 0.3) is 0 Å². The van der Waals surface area contributed by atoms with Crippen LogP contribution in [0.5, 0.6) is 0 Å². The van der Waals surface area contributed by atoms with E-state index in [0.717, 1.165) is 11.4 Å². The van der Waals surface area contributed by atoms with E-state index < -0.39 is 0 Å². The molecule has 1 heterocycles. The number of para-hydroxylation sites is 2. The quantitative estimate of drug-likeness (QED) is 0.835. The molecule has 1 amide bonds. The molecule has 2 N–H and O–H groups in total. The number of amides is 1. The molecule has 2 rings (SSSR count). The van der Waals surface area contributed by atoms with Gasteiger partial charge in [-0.05, 0) is 32.4 Å². The van der Waals surface area contributed by atoms with Crippen molar-refractivity contribution in [3.63, 3.8) is 0 Å². The van der Waals surface area contributed by atoms with Crippen LogP contribution in [0, 0.1) is 0 Å². The summed E-state index contributed by atoms with van der Waals surface area (Å²) in [4.78, 5) is 13.8. The predicted molar refractivity (Wildman–Crippen MR) is 68.2 cm³/mol. The normalized spacial score (nSPS) is 20.8. The molecule has 0 bridgehead atoms. The van der Waals surface area contributed by atoms with Crippen molar-refractivity contribution in [2.24, 2.45) is 0 Å². The highest BCUT2D eigenvalue weighted by Crippen LogP contribution is 2.31. The first-order valence-corrected chi connectivity index (χ1v) is 5.94. The number of carbonyl (C=O) groups excluding carboxylic acids is 1. The number of aliphatic hydroxyl groups excluding tert-OH is 1. The van der Waals surface area contributed by atoms with E-state index in [2.05, 4.69) is 5.32 Å². The minimum Gasteiger partial charge on any atom is -0.393 e. The second-order valence-corrected chi connectivity index (χ2v) is 4.51. The Morgan fingerprint density at radius 2 is 2.18 bits per heavy atom. The smallest absolute Gasteiger partial charge is 0.249 e. The van der Waals surface area contributed by atoms with Crippen molar-refractivity contribution >= 4 is 17.3 Å². The van der Waals surface area contributed by atoms with Crippen molar-refractivity contribution in [1.82, 2.24) is 0 Å². The van der Waals surface area contributed by atoms with Gasteiger partial charge in [-0.3, -0.25) is 4.79 Å². The van der Waals surface area contributed by atoms with Gasteiger partial charge in [0.05, 0.1) is 17.5 Å². The van der Waals surface area contributed by atoms with Crippen molar-refractivity contribution in [2.75, 3.05) is 16.8 Å². The Labute approximate surface area is 101 Å². The van der Waals surface area contributed by atoms with E-state index in [1.54, 1.807) is 11.8 Å². The van der Waals surface area contributed by atoms with Gasteiger partial charge in [-0.1, -0.05) is 12.1 Å². The third kappa shape index (κ3) is 2.42. The van der Waals surface area contributed by atoms with Gasteiger partial charge < -0.3 is 15.3 Å². The largest absolute Gasteiger partial charge is 0.393 e. The summed E-state index contributed by atoms with van der Waals surface area (Å²) in [5.74, 6) is 0.0596. The lowest BCUT2D eigenvalue weighted by atomic mass is 10.1. The predicted octanol–water partition coefficient (Wildman–Crippen LogP) is 1.60. The molecule has 0 aliphatic carbocycles. The first kappa shape index (κ1) is 11.9. The zero-order valence-corrected chi connectivity index (χ0v) is 10.2. The number of aliphatic hydroxyl groups is 1. The lowest BCUT2D eigenvalue weighted by molar-refractivity contribution is -0.119. The first-order valence-electron chi connectivity index (χ1n) is 5.94. The van der Waals surface area contributed by atoms with Crippen LogP contribution in [-0.4, -0.2) is 29.7 Å². The number of benzene rings is 1. The molecule has 92 valence electrons. The number of nitrogens with zero attached hydrogens (tertiary/aromatic N) is 1. The number of nitrogens with one attached hydrogen (secondary N) is 1. The second-order valence-electron chi connectivity index (χ2n) is 4.51. The van der Waals surface area contributed by atoms with E-state index in [9.17, 15) is 9.90 Å². The molecular formula is C13H18N2O2. The Morgan fingerprint density at radius 3 is 2.88 bits per heavy atom. The van der Waals surface area contributed by atoms with E-state index in [1.807, 2.05) is 31.2 Å². The summed E-state index contributed by atoms with van der Waals surface area (Å²) < 4.78 is 0. The molecule has 1 aliphatic heterocycles. The molecule has 0 aromatic heterocycles. The molecule has 0 spiro atoms. The number of hydrogen-bond acceptors (Lipinski definition) is 3. The standard InChI is InChI=1S/C13H18N2O2/c1-9(16)7-8-15-12-6-4-3-5-11(12)14-10(2)13(15)17/h3-6,9-10,14,16H,7-8H2,1-2H3. The fourth-order valence-corrected chi connectivity index (χ4v) is 2.03. The van der Waals surface area contributed by atoms with Crippen LogP contribution in [0.1, 0.15) is 20.3 Å². The van der Waals surface area contributed by atoms with Crippen LogP contribution >= 0.6 is 0 Å². The molecule has 4 nitrogen and oxygen atoms in total. The summed E-state index contributed by atoms with van der Waals surface area (Å²) in [5.41, 5.74) is 1.88. The number of hydrogen-bond donors (Lipinski definition) is 2. The molecule has 17 heavy (non-hydrogen) atoms. The molecule has 4 heteroatoms. The molecule has 0 saturated carbocycles. The van der Waals surface area contributed by atoms with Crippen LogP contribution in [0.3, 0.4) is 0 Å². The molecule has 2 unspecified atom stereocenters. The molecule has 1 aromatic rings. The fourth-order valence-electron chi connectivity index (χ4n) is 2.03. The zero-order chi connectivity index (χ0) is 12.4. The second kappa shape index (κ2) is 4.75. The monoisotopic (exact) mass is 234 g/mol. The maximum Gasteiger partial charge on any atom is 0.249 e. The number of anilines is 2. The molecule has 2 atom stereocenters. The first-order chi connectivity index (χ1) is 8.09. The molecular weight excluding hydrogens is 216 g/mol. The Bertz CT molecular complexity index is 418. The SMILES string of the molecule is CC(O)CCN1C(=O)C(C)Nc2ccccc21. The van der Waals surface area contributed by atoms with Gasteiger partial charge in [0.2, 0.25) is 5.91 Å². The van der Waals surface area contributed by atoms with E-state index in [1.165, 1.54) is 0 Å². The summed E-state index contributed by atoms with van der Waals surface area (Å²) in [6.07, 6.45) is 0.201. The van der Waals surface area contributed by atoms with Crippen LogP contribution in [0.2, 0.25) is 0 Å². The Morgan fingerprint density at radius 1 is 1.47 bits per heavy atom. The maximum atomic E-state index is 12.1. The highest BCUT2D eigenvalue weighted by molar-refractivity contribution is 6.04. The van der Waals surface area contributed by atoms with Gasteiger partial charge in [-0.2, -0.15) is 0 Å². The van der Waals surface area contributed by atoms with Crippen molar-refractivity contribution in [3.05, 3.63) is 24.3 Å². The van der Waals surface area contributed by atoms with E-state index >= 15 is 0 Å². The molecule has 0 radical (unpaired) electrons. The number of fused-ring (bicyclic) bond motifs is 1. The zero-order valence-electron chi connectivity index (χ0n) is 10.2. The summed E-state index contributed by atoms with van der Waals surface area (Å²) in [6, 6.07) is 7.54. The minimum absolute atomic E-state index is 0.0596. The Kier molecular flexibility index (Phi) is 3.33. The average Bonchev–Trinajstić information content (AvgIpc) is 2.29. The summed E-state index contributed by atoms with van der Waals surface area (Å²) in [6.45, 7) is 4.15. The van der Waals surface area contributed by atoms with Gasteiger partial charge in [0, 0.05) is 6.54 Å². The number of carbonyl (C=O) groups is 1. The van der Waals surface area contributed by atoms with Gasteiger partial charge >= 0.3 is 0 Å². The van der Waals surface area contributed by atoms with E-state index in [0.29, 0.717) is 13.0 Å². The van der Waals surface area contributed by atoms with Gasteiger partial charge in [0.15, 0.2) is 0 Å². The molecule has 1 aliphatic rings. The number of rotatable bonds is 3. The minimum atomic E-state index is -0.389. The van der Waals surface area contributed by atoms with Crippen LogP contribution in [0.4, 0.5) is 11.4 Å². The fraction of sp³-hybridized carbons (Fsp3) is 0.462. The third-order valence-corrected chi connectivity index (χ3v) is 2.97. The highest BCUT2D eigenvalue weighted by Gasteiger charge is 2.28. The maximum absolute atomic E-state index is 12.1. The van der Waals surface area contributed by atoms with Gasteiger partial charge in [-0.25, -0.2) is 0 Å². The van der Waals surface area contributed by atoms with E-state index in [-0.39, 0.29) is 18.1 Å². The Balaban J connectivity index is 2.26. The van der Waals surface area contributed by atoms with Crippen LogP contribution < -0.4 is 10.2 Å². The van der Waals surface area contributed by atoms with Crippen molar-refractivity contribution in [1.29, 1.82) is 0 Å². The molecule has 0 fully saturated rings. The Hall–Kier alpha value is -1.55. The van der Waals surface area contributed by atoms with Crippen molar-refractivity contribution in [3.8, 4) is 0 Å². The molecule has 0 saturated heterocycles. The van der Waals surface area contributed by atoms with Crippen molar-refractivity contribution < 1.29 is 9.90 Å². The molecule has 1 aromatic carbocycles. The topological polar surface area (TPSA) is 52.6 Å². The van der Waals surface area contributed by atoms with Gasteiger partial charge in [0.1, 0.15) is 6.04 Å². The summed E-state index contributed by atoms with van der Waals surface area (Å²) in [5, 5.41) is 12.5. The average molecular weight is 234 g/mol. The highest BCUT2D eigenvalue weighted by atomic mass is 16.3. The van der Waals surface area contributed by atoms with Gasteiger partial charge in [-0.15, -0.1) is 0 Å². The van der Waals surface area contributed by atoms with Crippen LogP contribution in [0.15, 0.2) is 24.3 Å². The van der Waals surface area contributed by atoms with Crippen molar-refractivity contribution in [2.45, 2.75) is 32.4 Å². The lowest BCUT2D eigenvalue weighted by Gasteiger charge is -2.34. The third-order valence-electron chi connectivity index (χ3n) is 2.97. The van der Waals surface area contributed by atoms with E-state index in [4.69, 9.17) is 0 Å². The van der Waals surface area contributed by atoms with Crippen LogP contribution in [-0.2, 0) is 4.79 Å². The summed E-state index contributed by atoms with van der Waals surface area (Å²) in [7, 11) is 0. The van der Waals surface area contributed by atoms with Crippen LogP contribution in [0.25, 0.3) is 0 Å². The lowest BCUT2D eigenvalue weighted by Crippen LogP contribution is -2.46.